The van der Waals surface area contributed by atoms with Crippen LogP contribution in [0.1, 0.15) is 6.92 Å². The third-order valence-corrected chi connectivity index (χ3v) is 3.93. The fourth-order valence-electron chi connectivity index (χ4n) is 2.28. The van der Waals surface area contributed by atoms with E-state index in [0.717, 1.165) is 0 Å². The van der Waals surface area contributed by atoms with E-state index in [4.69, 9.17) is 4.74 Å². The smallest absolute Gasteiger partial charge is 0.241 e. The number of amides is 2. The minimum atomic E-state index is -0.543. The number of anilines is 2. The summed E-state index contributed by atoms with van der Waals surface area (Å²) in [5.41, 5.74) is 1.06. The van der Waals surface area contributed by atoms with Crippen LogP contribution in [-0.4, -0.2) is 43.5 Å². The van der Waals surface area contributed by atoms with E-state index in [0.29, 0.717) is 17.1 Å². The van der Waals surface area contributed by atoms with Gasteiger partial charge in [0.1, 0.15) is 11.6 Å². The van der Waals surface area contributed by atoms with Gasteiger partial charge in [-0.2, -0.15) is 0 Å². The molecule has 26 heavy (non-hydrogen) atoms. The number of carbonyl (C=O) groups excluding carboxylic acids is 2. The molecule has 0 saturated heterocycles. The minimum absolute atomic E-state index is 0.0118. The van der Waals surface area contributed by atoms with Crippen LogP contribution in [0.4, 0.5) is 15.8 Å². The summed E-state index contributed by atoms with van der Waals surface area (Å²) in [5.74, 6) is -0.367. The second-order valence-corrected chi connectivity index (χ2v) is 5.84. The highest BCUT2D eigenvalue weighted by Crippen LogP contribution is 2.23. The lowest BCUT2D eigenvalue weighted by molar-refractivity contribution is -0.122. The first kappa shape index (κ1) is 19.4. The van der Waals surface area contributed by atoms with Crippen molar-refractivity contribution in [1.29, 1.82) is 0 Å². The second kappa shape index (κ2) is 8.96. The molecule has 0 bridgehead atoms. The molecule has 0 aliphatic heterocycles. The maximum Gasteiger partial charge on any atom is 0.241 e. The fourth-order valence-corrected chi connectivity index (χ4v) is 2.28. The van der Waals surface area contributed by atoms with Crippen LogP contribution in [0.2, 0.25) is 0 Å². The summed E-state index contributed by atoms with van der Waals surface area (Å²) >= 11 is 0. The molecule has 0 aliphatic carbocycles. The van der Waals surface area contributed by atoms with Gasteiger partial charge in [-0.1, -0.05) is 12.1 Å². The highest BCUT2D eigenvalue weighted by atomic mass is 19.1. The van der Waals surface area contributed by atoms with Gasteiger partial charge in [0.15, 0.2) is 0 Å². The number of hydrogen-bond donors (Lipinski definition) is 2. The van der Waals surface area contributed by atoms with E-state index < -0.39 is 6.04 Å². The number of rotatable bonds is 7. The Morgan fingerprint density at radius 1 is 1.12 bits per heavy atom. The molecule has 7 heteroatoms. The predicted molar refractivity (Wildman–Crippen MR) is 98.7 cm³/mol. The van der Waals surface area contributed by atoms with Gasteiger partial charge in [0.2, 0.25) is 11.8 Å². The lowest BCUT2D eigenvalue weighted by Crippen LogP contribution is -2.43. The summed E-state index contributed by atoms with van der Waals surface area (Å²) in [6.07, 6.45) is 0. The first-order valence-corrected chi connectivity index (χ1v) is 8.10. The Morgan fingerprint density at radius 3 is 2.42 bits per heavy atom. The van der Waals surface area contributed by atoms with Crippen LogP contribution in [0.15, 0.2) is 48.5 Å². The number of nitrogens with one attached hydrogen (secondary N) is 2. The Labute approximate surface area is 152 Å². The summed E-state index contributed by atoms with van der Waals surface area (Å²) in [6.45, 7) is 1.72. The summed E-state index contributed by atoms with van der Waals surface area (Å²) in [4.78, 5) is 26.1. The zero-order valence-corrected chi connectivity index (χ0v) is 15.0. The minimum Gasteiger partial charge on any atom is -0.495 e. The van der Waals surface area contributed by atoms with Crippen molar-refractivity contribution in [2.45, 2.75) is 13.0 Å². The second-order valence-electron chi connectivity index (χ2n) is 5.84. The van der Waals surface area contributed by atoms with Gasteiger partial charge in [-0.15, -0.1) is 0 Å². The molecule has 0 spiro atoms. The van der Waals surface area contributed by atoms with E-state index in [1.54, 1.807) is 37.1 Å². The lowest BCUT2D eigenvalue weighted by Gasteiger charge is -2.23. The van der Waals surface area contributed by atoms with E-state index in [1.165, 1.54) is 31.4 Å². The molecule has 2 rings (SSSR count). The van der Waals surface area contributed by atoms with E-state index in [9.17, 15) is 14.0 Å². The Kier molecular flexibility index (Phi) is 6.68. The van der Waals surface area contributed by atoms with Gasteiger partial charge in [-0.05, 0) is 50.4 Å². The van der Waals surface area contributed by atoms with Gasteiger partial charge < -0.3 is 15.4 Å². The Hall–Kier alpha value is -2.93. The standard InChI is InChI=1S/C19H22FN3O3/c1-13(19(25)22-16-6-4-5-7-17(16)26-3)23(2)12-18(24)21-15-10-8-14(20)9-11-15/h4-11,13H,12H2,1-3H3,(H,21,24)(H,22,25)/t13-/m0/s1. The zero-order valence-electron chi connectivity index (χ0n) is 15.0. The Bertz CT molecular complexity index is 765. The summed E-state index contributed by atoms with van der Waals surface area (Å²) in [7, 11) is 3.21. The molecular formula is C19H22FN3O3. The molecule has 2 N–H and O–H groups in total. The van der Waals surface area contributed by atoms with Crippen LogP contribution in [0.5, 0.6) is 5.75 Å². The SMILES string of the molecule is COc1ccccc1NC(=O)[C@H](C)N(C)CC(=O)Nc1ccc(F)cc1. The number of para-hydroxylation sites is 2. The molecule has 2 amide bonds. The van der Waals surface area contributed by atoms with Gasteiger partial charge in [0, 0.05) is 5.69 Å². The van der Waals surface area contributed by atoms with Gasteiger partial charge in [-0.3, -0.25) is 14.5 Å². The van der Waals surface area contributed by atoms with Gasteiger partial charge in [0.05, 0.1) is 25.4 Å². The molecule has 0 saturated carbocycles. The molecule has 0 aliphatic rings. The van der Waals surface area contributed by atoms with Crippen LogP contribution in [0.3, 0.4) is 0 Å². The van der Waals surface area contributed by atoms with Crippen molar-refractivity contribution in [2.24, 2.45) is 0 Å². The number of nitrogens with zero attached hydrogens (tertiary/aromatic N) is 1. The van der Waals surface area contributed by atoms with Crippen LogP contribution in [-0.2, 0) is 9.59 Å². The van der Waals surface area contributed by atoms with Crippen molar-refractivity contribution in [1.82, 2.24) is 4.90 Å². The number of carbonyl (C=O) groups is 2. The van der Waals surface area contributed by atoms with Crippen molar-refractivity contribution < 1.29 is 18.7 Å². The first-order chi connectivity index (χ1) is 12.4. The first-order valence-electron chi connectivity index (χ1n) is 8.10. The quantitative estimate of drug-likeness (QED) is 0.797. The highest BCUT2D eigenvalue weighted by molar-refractivity contribution is 5.97. The number of benzene rings is 2. The molecule has 0 heterocycles. The van der Waals surface area contributed by atoms with Crippen molar-refractivity contribution in [3.05, 3.63) is 54.3 Å². The van der Waals surface area contributed by atoms with Crippen molar-refractivity contribution in [3.8, 4) is 5.75 Å². The molecule has 2 aromatic carbocycles. The molecule has 1 atom stereocenters. The molecule has 138 valence electrons. The average Bonchev–Trinajstić information content (AvgIpc) is 2.63. The maximum atomic E-state index is 12.9. The number of ether oxygens (including phenoxy) is 1. The van der Waals surface area contributed by atoms with Crippen LogP contribution in [0, 0.1) is 5.82 Å². The molecule has 2 aromatic rings. The Morgan fingerprint density at radius 2 is 1.77 bits per heavy atom. The van der Waals surface area contributed by atoms with Gasteiger partial charge in [-0.25, -0.2) is 4.39 Å². The highest BCUT2D eigenvalue weighted by Gasteiger charge is 2.21. The maximum absolute atomic E-state index is 12.9. The fraction of sp³-hybridized carbons (Fsp3) is 0.263. The molecular weight excluding hydrogens is 337 g/mol. The number of likely N-dealkylation sites (N-methyl/N-ethyl adjacent to an activating group) is 1. The van der Waals surface area contributed by atoms with Crippen molar-refractivity contribution in [2.75, 3.05) is 31.3 Å². The van der Waals surface area contributed by atoms with Crippen LogP contribution < -0.4 is 15.4 Å². The average molecular weight is 359 g/mol. The lowest BCUT2D eigenvalue weighted by atomic mass is 10.2. The van der Waals surface area contributed by atoms with E-state index in [1.807, 2.05) is 6.07 Å². The van der Waals surface area contributed by atoms with E-state index in [2.05, 4.69) is 10.6 Å². The molecule has 0 fully saturated rings. The largest absolute Gasteiger partial charge is 0.495 e. The van der Waals surface area contributed by atoms with E-state index >= 15 is 0 Å². The molecule has 6 nitrogen and oxygen atoms in total. The van der Waals surface area contributed by atoms with Crippen molar-refractivity contribution in [3.63, 3.8) is 0 Å². The van der Waals surface area contributed by atoms with Crippen LogP contribution >= 0.6 is 0 Å². The summed E-state index contributed by atoms with van der Waals surface area (Å²) in [6, 6.07) is 12.0. The number of hydrogen-bond acceptors (Lipinski definition) is 4. The number of methoxy groups -OCH3 is 1. The Balaban J connectivity index is 1.91. The third-order valence-electron chi connectivity index (χ3n) is 3.93. The van der Waals surface area contributed by atoms with E-state index in [-0.39, 0.29) is 24.2 Å². The summed E-state index contributed by atoms with van der Waals surface area (Å²) in [5, 5.41) is 5.46. The van der Waals surface area contributed by atoms with Crippen LogP contribution in [0.25, 0.3) is 0 Å². The van der Waals surface area contributed by atoms with Crippen molar-refractivity contribution >= 4 is 23.2 Å². The molecule has 0 radical (unpaired) electrons. The van der Waals surface area contributed by atoms with Gasteiger partial charge >= 0.3 is 0 Å². The monoisotopic (exact) mass is 359 g/mol. The zero-order chi connectivity index (χ0) is 19.1. The number of halogens is 1. The topological polar surface area (TPSA) is 70.7 Å². The third kappa shape index (κ3) is 5.29. The molecule has 0 unspecified atom stereocenters. The predicted octanol–water partition coefficient (Wildman–Crippen LogP) is 2.73. The van der Waals surface area contributed by atoms with Gasteiger partial charge in [0.25, 0.3) is 0 Å². The summed E-state index contributed by atoms with van der Waals surface area (Å²) < 4.78 is 18.1. The normalized spacial score (nSPS) is 11.7. The molecule has 0 aromatic heterocycles.